The van der Waals surface area contributed by atoms with Crippen molar-refractivity contribution in [1.82, 2.24) is 34.6 Å². The van der Waals surface area contributed by atoms with Crippen LogP contribution in [0.2, 0.25) is 0 Å². The van der Waals surface area contributed by atoms with Gasteiger partial charge in [0, 0.05) is 49.6 Å². The highest BCUT2D eigenvalue weighted by Crippen LogP contribution is 2.30. The number of hydrogen-bond donors (Lipinski definition) is 2. The summed E-state index contributed by atoms with van der Waals surface area (Å²) in [5, 5.41) is 4.38. The predicted molar refractivity (Wildman–Crippen MR) is 145 cm³/mol. The van der Waals surface area contributed by atoms with Gasteiger partial charge in [-0.3, -0.25) is 4.90 Å². The van der Waals surface area contributed by atoms with E-state index in [4.69, 9.17) is 0 Å². The number of rotatable bonds is 3. The minimum Gasteiger partial charge on any atom is -0.340 e. The average molecular weight is 503 g/mol. The van der Waals surface area contributed by atoms with Gasteiger partial charge in [-0.25, -0.2) is 19.7 Å². The third-order valence-electron chi connectivity index (χ3n) is 7.48. The number of H-pyrrole nitrogens is 1. The molecule has 0 aliphatic carbocycles. The summed E-state index contributed by atoms with van der Waals surface area (Å²) in [7, 11) is 2.14. The Kier molecular flexibility index (Phi) is 5.85. The molecular formula is C26H30N8OS. The van der Waals surface area contributed by atoms with E-state index in [1.165, 1.54) is 5.57 Å². The first-order valence-electron chi connectivity index (χ1n) is 12.4. The maximum atomic E-state index is 13.2. The lowest BCUT2D eigenvalue weighted by atomic mass is 10.0. The third-order valence-corrected chi connectivity index (χ3v) is 8.27. The molecule has 2 amide bonds. The lowest BCUT2D eigenvalue weighted by Crippen LogP contribution is -2.59. The number of nitrogens with zero attached hydrogens (tertiary/aromatic N) is 6. The van der Waals surface area contributed by atoms with Gasteiger partial charge in [0.1, 0.15) is 17.8 Å². The Hall–Kier alpha value is -3.50. The maximum absolute atomic E-state index is 13.2. The van der Waals surface area contributed by atoms with Gasteiger partial charge in [-0.1, -0.05) is 6.08 Å². The monoisotopic (exact) mass is 502 g/mol. The number of urea groups is 1. The van der Waals surface area contributed by atoms with E-state index in [9.17, 15) is 4.79 Å². The summed E-state index contributed by atoms with van der Waals surface area (Å²) in [6, 6.07) is 9.10. The van der Waals surface area contributed by atoms with E-state index < -0.39 is 0 Å². The van der Waals surface area contributed by atoms with E-state index in [-0.39, 0.29) is 6.03 Å². The molecule has 2 N–H and O–H groups in total. The highest BCUT2D eigenvalue weighted by Gasteiger charge is 2.32. The van der Waals surface area contributed by atoms with Crippen molar-refractivity contribution in [2.45, 2.75) is 32.4 Å². The van der Waals surface area contributed by atoms with E-state index in [0.29, 0.717) is 25.2 Å². The molecular weight excluding hydrogens is 472 g/mol. The zero-order valence-corrected chi connectivity index (χ0v) is 21.5. The highest BCUT2D eigenvalue weighted by atomic mass is 32.1. The Morgan fingerprint density at radius 1 is 1.11 bits per heavy atom. The summed E-state index contributed by atoms with van der Waals surface area (Å²) < 4.78 is 1.13. The molecule has 36 heavy (non-hydrogen) atoms. The fourth-order valence-corrected chi connectivity index (χ4v) is 5.85. The van der Waals surface area contributed by atoms with Crippen LogP contribution in [0.15, 0.2) is 42.2 Å². The van der Waals surface area contributed by atoms with Crippen LogP contribution in [0, 0.1) is 0 Å². The van der Waals surface area contributed by atoms with Crippen LogP contribution >= 0.6 is 11.3 Å². The molecule has 3 aromatic heterocycles. The molecule has 0 saturated carbocycles. The number of carbonyl (C=O) groups excluding carboxylic acids is 1. The van der Waals surface area contributed by atoms with Crippen LogP contribution in [0.5, 0.6) is 0 Å². The van der Waals surface area contributed by atoms with Crippen LogP contribution in [0.1, 0.15) is 26.0 Å². The lowest BCUT2D eigenvalue weighted by Gasteiger charge is -2.44. The van der Waals surface area contributed by atoms with Gasteiger partial charge < -0.3 is 20.1 Å². The normalized spacial score (nSPS) is 21.2. The summed E-state index contributed by atoms with van der Waals surface area (Å²) in [6.07, 6.45) is 4.53. The second-order valence-electron chi connectivity index (χ2n) is 9.80. The van der Waals surface area contributed by atoms with Gasteiger partial charge in [0.05, 0.1) is 21.1 Å². The summed E-state index contributed by atoms with van der Waals surface area (Å²) in [4.78, 5) is 36.2. The molecule has 10 heteroatoms. The molecule has 6 rings (SSSR count). The zero-order chi connectivity index (χ0) is 24.8. The number of fused-ring (bicyclic) bond motifs is 2. The summed E-state index contributed by atoms with van der Waals surface area (Å²) in [6.45, 7) is 7.25. The number of aromatic amines is 1. The number of benzene rings is 1. The Bertz CT molecular complexity index is 1450. The summed E-state index contributed by atoms with van der Waals surface area (Å²) in [5.74, 6) is 0.762. The molecule has 1 fully saturated rings. The van der Waals surface area contributed by atoms with Gasteiger partial charge in [-0.15, -0.1) is 11.3 Å². The molecule has 9 nitrogen and oxygen atoms in total. The highest BCUT2D eigenvalue weighted by molar-refractivity contribution is 7.16. The fourth-order valence-electron chi connectivity index (χ4n) is 5.13. The van der Waals surface area contributed by atoms with Gasteiger partial charge in [0.15, 0.2) is 0 Å². The average Bonchev–Trinajstić information content (AvgIpc) is 3.54. The van der Waals surface area contributed by atoms with Gasteiger partial charge in [-0.2, -0.15) is 0 Å². The molecule has 186 valence electrons. The van der Waals surface area contributed by atoms with Crippen LogP contribution in [0.25, 0.3) is 26.8 Å². The quantitative estimate of drug-likeness (QED) is 0.427. The van der Waals surface area contributed by atoms with Crippen LogP contribution in [-0.4, -0.2) is 86.0 Å². The topological polar surface area (TPSA) is 93.3 Å². The molecule has 0 bridgehead atoms. The number of nitrogens with one attached hydrogen (secondary N) is 2. The van der Waals surface area contributed by atoms with Gasteiger partial charge in [-0.05, 0) is 57.2 Å². The Balaban J connectivity index is 1.18. The Morgan fingerprint density at radius 3 is 2.72 bits per heavy atom. The van der Waals surface area contributed by atoms with Gasteiger partial charge in [0.2, 0.25) is 0 Å². The largest absolute Gasteiger partial charge is 0.340 e. The number of carbonyl (C=O) groups is 1. The van der Waals surface area contributed by atoms with Gasteiger partial charge in [0.25, 0.3) is 0 Å². The lowest BCUT2D eigenvalue weighted by molar-refractivity contribution is 0.0640. The van der Waals surface area contributed by atoms with E-state index in [1.807, 2.05) is 27.4 Å². The first kappa shape index (κ1) is 22.9. The molecule has 1 saturated heterocycles. The van der Waals surface area contributed by atoms with Crippen LogP contribution in [-0.2, 0) is 0 Å². The van der Waals surface area contributed by atoms with Crippen molar-refractivity contribution in [3.8, 4) is 0 Å². The summed E-state index contributed by atoms with van der Waals surface area (Å²) in [5.41, 5.74) is 6.84. The number of thiazole rings is 1. The fraction of sp³-hybridized carbons (Fsp3) is 0.385. The Labute approximate surface area is 213 Å². The van der Waals surface area contributed by atoms with E-state index >= 15 is 0 Å². The third kappa shape index (κ3) is 4.20. The number of likely N-dealkylation sites (N-methyl/N-ethyl adjacent to an activating group) is 1. The van der Waals surface area contributed by atoms with E-state index in [2.05, 4.69) is 69.3 Å². The van der Waals surface area contributed by atoms with Crippen molar-refractivity contribution < 1.29 is 4.79 Å². The minimum absolute atomic E-state index is 0.143. The standard InChI is InChI=1S/C26H30N8OS/c1-16-12-34(13-17(2)32(16)3)26(35)33-8-6-18(7-9-33)22-11-20-24(27-14-28-25(20)31-22)30-19-4-5-21-23(10-19)36-15-29-21/h4-6,10-11,14-17H,7-9,12-13H2,1-3H3,(H2,27,28,30,31). The SMILES string of the molecule is CC1CN(C(=O)N2CC=C(c3cc4c(Nc5ccc6ncsc6c5)ncnc4[nH]3)CC2)CC(C)N1C. The van der Waals surface area contributed by atoms with E-state index in [0.717, 1.165) is 58.0 Å². The first-order chi connectivity index (χ1) is 17.5. The number of aromatic nitrogens is 4. The first-order valence-corrected chi connectivity index (χ1v) is 13.2. The molecule has 0 spiro atoms. The minimum atomic E-state index is 0.143. The van der Waals surface area contributed by atoms with Crippen molar-refractivity contribution in [3.63, 3.8) is 0 Å². The number of piperazine rings is 1. The summed E-state index contributed by atoms with van der Waals surface area (Å²) >= 11 is 1.62. The second-order valence-corrected chi connectivity index (χ2v) is 10.7. The smallest absolute Gasteiger partial charge is 0.320 e. The molecule has 2 aliphatic rings. The van der Waals surface area contributed by atoms with Crippen molar-refractivity contribution >= 4 is 55.7 Å². The van der Waals surface area contributed by atoms with E-state index in [1.54, 1.807) is 17.7 Å². The molecule has 2 unspecified atom stereocenters. The zero-order valence-electron chi connectivity index (χ0n) is 20.7. The van der Waals surface area contributed by atoms with Crippen molar-refractivity contribution in [2.24, 2.45) is 0 Å². The molecule has 2 aliphatic heterocycles. The van der Waals surface area contributed by atoms with Crippen LogP contribution in [0.3, 0.4) is 0 Å². The Morgan fingerprint density at radius 2 is 1.94 bits per heavy atom. The maximum Gasteiger partial charge on any atom is 0.320 e. The number of hydrogen-bond acceptors (Lipinski definition) is 7. The molecule has 4 aromatic rings. The van der Waals surface area contributed by atoms with Crippen LogP contribution in [0.4, 0.5) is 16.3 Å². The number of amides is 2. The molecule has 1 aromatic carbocycles. The van der Waals surface area contributed by atoms with Crippen LogP contribution < -0.4 is 5.32 Å². The molecule has 5 heterocycles. The molecule has 2 atom stereocenters. The molecule has 0 radical (unpaired) electrons. The second kappa shape index (κ2) is 9.18. The van der Waals surface area contributed by atoms with Gasteiger partial charge >= 0.3 is 6.03 Å². The van der Waals surface area contributed by atoms with Crippen molar-refractivity contribution in [3.05, 3.63) is 47.9 Å². The van der Waals surface area contributed by atoms with Crippen molar-refractivity contribution in [2.75, 3.05) is 38.5 Å². The predicted octanol–water partition coefficient (Wildman–Crippen LogP) is 4.54. The van der Waals surface area contributed by atoms with Crippen molar-refractivity contribution in [1.29, 1.82) is 0 Å². The number of anilines is 2.